The van der Waals surface area contributed by atoms with E-state index in [0.29, 0.717) is 11.6 Å². The molecule has 0 amide bonds. The first-order valence-electron chi connectivity index (χ1n) is 6.10. The average Bonchev–Trinajstić information content (AvgIpc) is 2.83. The van der Waals surface area contributed by atoms with Gasteiger partial charge in [0.05, 0.1) is 12.0 Å². The maximum Gasteiger partial charge on any atom is 0.127 e. The quantitative estimate of drug-likeness (QED) is 0.514. The van der Waals surface area contributed by atoms with E-state index in [1.165, 1.54) is 0 Å². The molecule has 1 aliphatic heterocycles. The Kier molecular flexibility index (Phi) is 4.32. The smallest absolute Gasteiger partial charge is 0.127 e. The molecule has 104 valence electrons. The summed E-state index contributed by atoms with van der Waals surface area (Å²) in [7, 11) is 0. The highest BCUT2D eigenvalue weighted by atomic mass is 79.9. The van der Waals surface area contributed by atoms with E-state index in [1.54, 1.807) is 0 Å². The molecule has 1 aliphatic rings. The first-order valence-corrected chi connectivity index (χ1v) is 8.50. The van der Waals surface area contributed by atoms with Crippen molar-refractivity contribution in [1.82, 2.24) is 0 Å². The van der Waals surface area contributed by atoms with Crippen LogP contribution in [0.2, 0.25) is 5.02 Å². The summed E-state index contributed by atoms with van der Waals surface area (Å²) in [6.07, 6.45) is 0.884. The fourth-order valence-electron chi connectivity index (χ4n) is 2.39. The van der Waals surface area contributed by atoms with E-state index in [-0.39, 0.29) is 5.38 Å². The fraction of sp³-hybridized carbons (Fsp3) is 0.200. The Bertz CT molecular complexity index is 653. The normalized spacial score (nSPS) is 14.8. The van der Waals surface area contributed by atoms with E-state index in [4.69, 9.17) is 27.9 Å². The van der Waals surface area contributed by atoms with Gasteiger partial charge in [-0.15, -0.1) is 11.6 Å². The van der Waals surface area contributed by atoms with E-state index < -0.39 is 0 Å². The zero-order valence-corrected chi connectivity index (χ0v) is 15.0. The van der Waals surface area contributed by atoms with Crippen LogP contribution in [0.25, 0.3) is 0 Å². The molecule has 1 heterocycles. The van der Waals surface area contributed by atoms with E-state index in [2.05, 4.69) is 31.9 Å². The second-order valence-electron chi connectivity index (χ2n) is 4.65. The summed E-state index contributed by atoms with van der Waals surface area (Å²) >= 11 is 19.8. The van der Waals surface area contributed by atoms with Gasteiger partial charge in [-0.25, -0.2) is 0 Å². The first-order chi connectivity index (χ1) is 9.54. The summed E-state index contributed by atoms with van der Waals surface area (Å²) in [5.41, 5.74) is 3.05. The van der Waals surface area contributed by atoms with E-state index in [0.717, 1.165) is 37.8 Å². The van der Waals surface area contributed by atoms with E-state index >= 15 is 0 Å². The van der Waals surface area contributed by atoms with Crippen LogP contribution < -0.4 is 4.74 Å². The summed E-state index contributed by atoms with van der Waals surface area (Å²) in [4.78, 5) is 0. The molecule has 20 heavy (non-hydrogen) atoms. The Morgan fingerprint density at radius 1 is 1.05 bits per heavy atom. The maximum absolute atomic E-state index is 6.65. The monoisotopic (exact) mass is 434 g/mol. The van der Waals surface area contributed by atoms with Gasteiger partial charge in [-0.05, 0) is 41.5 Å². The molecule has 0 aromatic heterocycles. The lowest BCUT2D eigenvalue weighted by atomic mass is 10.0. The Labute approximate surface area is 144 Å². The molecule has 0 bridgehead atoms. The predicted octanol–water partition coefficient (Wildman–Crippen LogP) is 6.13. The number of rotatable bonds is 2. The van der Waals surface area contributed by atoms with Gasteiger partial charge in [-0.3, -0.25) is 0 Å². The number of hydrogen-bond acceptors (Lipinski definition) is 1. The van der Waals surface area contributed by atoms with Gasteiger partial charge in [0.25, 0.3) is 0 Å². The van der Waals surface area contributed by atoms with Crippen molar-refractivity contribution in [1.29, 1.82) is 0 Å². The summed E-state index contributed by atoms with van der Waals surface area (Å²) in [5, 5.41) is 0.401. The molecule has 0 N–H and O–H groups in total. The van der Waals surface area contributed by atoms with Gasteiger partial charge in [-0.2, -0.15) is 0 Å². The molecule has 1 atom stereocenters. The number of halogens is 4. The fourth-order valence-corrected chi connectivity index (χ4v) is 4.25. The molecule has 0 aliphatic carbocycles. The molecule has 1 unspecified atom stereocenters. The third-order valence-electron chi connectivity index (χ3n) is 3.23. The van der Waals surface area contributed by atoms with Crippen LogP contribution in [0.4, 0.5) is 0 Å². The van der Waals surface area contributed by atoms with E-state index in [9.17, 15) is 0 Å². The van der Waals surface area contributed by atoms with Gasteiger partial charge < -0.3 is 4.74 Å². The SMILES string of the molecule is Clc1cc2c(c(C(Cl)c3cc(Br)cc(Br)c3)c1)OCC2. The number of benzene rings is 2. The van der Waals surface area contributed by atoms with Crippen LogP contribution in [0.1, 0.15) is 22.1 Å². The van der Waals surface area contributed by atoms with Gasteiger partial charge >= 0.3 is 0 Å². The van der Waals surface area contributed by atoms with Crippen LogP contribution in [-0.4, -0.2) is 6.61 Å². The highest BCUT2D eigenvalue weighted by Gasteiger charge is 2.23. The van der Waals surface area contributed by atoms with Crippen LogP contribution in [0.5, 0.6) is 5.75 Å². The lowest BCUT2D eigenvalue weighted by Crippen LogP contribution is -1.98. The number of ether oxygens (including phenoxy) is 1. The second kappa shape index (κ2) is 5.88. The topological polar surface area (TPSA) is 9.23 Å². The van der Waals surface area contributed by atoms with Crippen LogP contribution in [0.3, 0.4) is 0 Å². The standard InChI is InChI=1S/C15H10Br2Cl2O/c16-10-3-9(4-11(17)6-10)14(19)13-7-12(18)5-8-1-2-20-15(8)13/h3-7,14H,1-2H2. The molecule has 2 aromatic rings. The highest BCUT2D eigenvalue weighted by Crippen LogP contribution is 2.42. The van der Waals surface area contributed by atoms with Crippen LogP contribution >= 0.6 is 55.1 Å². The average molecular weight is 437 g/mol. The Morgan fingerprint density at radius 3 is 2.45 bits per heavy atom. The maximum atomic E-state index is 6.65. The summed E-state index contributed by atoms with van der Waals surface area (Å²) in [5.74, 6) is 0.880. The van der Waals surface area contributed by atoms with Gasteiger partial charge in [0, 0.05) is 26.0 Å². The minimum Gasteiger partial charge on any atom is -0.493 e. The van der Waals surface area contributed by atoms with Crippen molar-refractivity contribution in [3.63, 3.8) is 0 Å². The number of alkyl halides is 1. The highest BCUT2D eigenvalue weighted by molar-refractivity contribution is 9.11. The lowest BCUT2D eigenvalue weighted by molar-refractivity contribution is 0.353. The van der Waals surface area contributed by atoms with Crippen molar-refractivity contribution in [3.8, 4) is 5.75 Å². The van der Waals surface area contributed by atoms with Gasteiger partial charge in [-0.1, -0.05) is 43.5 Å². The van der Waals surface area contributed by atoms with Crippen molar-refractivity contribution >= 4 is 55.1 Å². The molecular weight excluding hydrogens is 427 g/mol. The van der Waals surface area contributed by atoms with Gasteiger partial charge in [0.15, 0.2) is 0 Å². The molecule has 3 rings (SSSR count). The minimum atomic E-state index is -0.297. The zero-order chi connectivity index (χ0) is 14.3. The third kappa shape index (κ3) is 2.87. The molecule has 0 radical (unpaired) electrons. The number of hydrogen-bond donors (Lipinski definition) is 0. The molecule has 0 saturated heterocycles. The Balaban J connectivity index is 2.08. The predicted molar refractivity (Wildman–Crippen MR) is 90.2 cm³/mol. The van der Waals surface area contributed by atoms with Crippen molar-refractivity contribution in [2.45, 2.75) is 11.8 Å². The van der Waals surface area contributed by atoms with Crippen LogP contribution in [-0.2, 0) is 6.42 Å². The Morgan fingerprint density at radius 2 is 1.75 bits per heavy atom. The van der Waals surface area contributed by atoms with Gasteiger partial charge in [0.1, 0.15) is 5.75 Å². The molecule has 0 fully saturated rings. The summed E-state index contributed by atoms with van der Waals surface area (Å²) in [6.45, 7) is 0.689. The molecular formula is C15H10Br2Cl2O. The third-order valence-corrected chi connectivity index (χ3v) is 4.85. The molecule has 5 heteroatoms. The lowest BCUT2D eigenvalue weighted by Gasteiger charge is -2.15. The van der Waals surface area contributed by atoms with Crippen LogP contribution in [0, 0.1) is 0 Å². The van der Waals surface area contributed by atoms with Crippen LogP contribution in [0.15, 0.2) is 39.3 Å². The van der Waals surface area contributed by atoms with Crippen molar-refractivity contribution < 1.29 is 4.74 Å². The molecule has 2 aromatic carbocycles. The van der Waals surface area contributed by atoms with Crippen molar-refractivity contribution in [2.24, 2.45) is 0 Å². The molecule has 0 spiro atoms. The largest absolute Gasteiger partial charge is 0.493 e. The molecule has 0 saturated carbocycles. The van der Waals surface area contributed by atoms with Crippen molar-refractivity contribution in [2.75, 3.05) is 6.61 Å². The van der Waals surface area contributed by atoms with Gasteiger partial charge in [0.2, 0.25) is 0 Å². The van der Waals surface area contributed by atoms with E-state index in [1.807, 2.05) is 30.3 Å². The summed E-state index contributed by atoms with van der Waals surface area (Å²) in [6, 6.07) is 9.83. The summed E-state index contributed by atoms with van der Waals surface area (Å²) < 4.78 is 7.68. The van der Waals surface area contributed by atoms with Crippen molar-refractivity contribution in [3.05, 3.63) is 61.0 Å². The zero-order valence-electron chi connectivity index (χ0n) is 10.3. The first kappa shape index (κ1) is 14.7. The number of fused-ring (bicyclic) bond motifs is 1. The minimum absolute atomic E-state index is 0.297. The second-order valence-corrected chi connectivity index (χ2v) is 7.35. The Hall–Kier alpha value is -0.220. The molecule has 1 nitrogen and oxygen atoms in total.